The minimum absolute atomic E-state index is 0.658. The van der Waals surface area contributed by atoms with Crippen LogP contribution in [0.5, 0.6) is 0 Å². The fourth-order valence-corrected chi connectivity index (χ4v) is 4.00. The number of nitrogens with zero attached hydrogens (tertiary/aromatic N) is 1. The molecule has 0 radical (unpaired) electrons. The van der Waals surface area contributed by atoms with Crippen LogP contribution < -0.4 is 4.90 Å². The SMILES string of the molecule is Cc1ccc(Br)cc1N1CC2(CCCCCC2)C1. The van der Waals surface area contributed by atoms with E-state index in [1.165, 1.54) is 67.3 Å². The lowest BCUT2D eigenvalue weighted by Gasteiger charge is -2.52. The van der Waals surface area contributed by atoms with Crippen molar-refractivity contribution in [3.63, 3.8) is 0 Å². The molecule has 2 aliphatic rings. The lowest BCUT2D eigenvalue weighted by Crippen LogP contribution is -2.56. The van der Waals surface area contributed by atoms with E-state index >= 15 is 0 Å². The van der Waals surface area contributed by atoms with Gasteiger partial charge in [-0.3, -0.25) is 0 Å². The first-order chi connectivity index (χ1) is 8.69. The van der Waals surface area contributed by atoms with E-state index in [0.29, 0.717) is 5.41 Å². The summed E-state index contributed by atoms with van der Waals surface area (Å²) >= 11 is 3.59. The van der Waals surface area contributed by atoms with Gasteiger partial charge in [0.15, 0.2) is 0 Å². The molecular formula is C16H22BrN. The molecule has 18 heavy (non-hydrogen) atoms. The van der Waals surface area contributed by atoms with E-state index < -0.39 is 0 Å². The van der Waals surface area contributed by atoms with E-state index in [4.69, 9.17) is 0 Å². The highest BCUT2D eigenvalue weighted by molar-refractivity contribution is 9.10. The van der Waals surface area contributed by atoms with Gasteiger partial charge in [0, 0.05) is 28.7 Å². The summed E-state index contributed by atoms with van der Waals surface area (Å²) in [7, 11) is 0. The minimum atomic E-state index is 0.658. The molecule has 0 unspecified atom stereocenters. The van der Waals surface area contributed by atoms with Crippen LogP contribution in [0.25, 0.3) is 0 Å². The maximum Gasteiger partial charge on any atom is 0.0407 e. The molecule has 2 heteroatoms. The highest BCUT2D eigenvalue weighted by Gasteiger charge is 2.42. The van der Waals surface area contributed by atoms with Crippen LogP contribution in [-0.4, -0.2) is 13.1 Å². The Morgan fingerprint density at radius 2 is 1.72 bits per heavy atom. The predicted octanol–water partition coefficient (Wildman–Crippen LogP) is 4.92. The van der Waals surface area contributed by atoms with Crippen molar-refractivity contribution >= 4 is 21.6 Å². The number of hydrogen-bond donors (Lipinski definition) is 0. The summed E-state index contributed by atoms with van der Waals surface area (Å²) in [6.45, 7) is 4.79. The average molecular weight is 308 g/mol. The largest absolute Gasteiger partial charge is 0.370 e. The molecule has 1 aromatic carbocycles. The van der Waals surface area contributed by atoms with Crippen molar-refractivity contribution in [2.24, 2.45) is 5.41 Å². The van der Waals surface area contributed by atoms with Gasteiger partial charge in [-0.2, -0.15) is 0 Å². The Balaban J connectivity index is 1.72. The van der Waals surface area contributed by atoms with Crippen molar-refractivity contribution in [2.45, 2.75) is 45.4 Å². The molecule has 2 fully saturated rings. The van der Waals surface area contributed by atoms with Crippen LogP contribution in [0.4, 0.5) is 5.69 Å². The second-order valence-corrected chi connectivity index (χ2v) is 7.12. The summed E-state index contributed by atoms with van der Waals surface area (Å²) in [5, 5.41) is 0. The van der Waals surface area contributed by atoms with Crippen molar-refractivity contribution in [2.75, 3.05) is 18.0 Å². The zero-order chi connectivity index (χ0) is 12.6. The van der Waals surface area contributed by atoms with Gasteiger partial charge < -0.3 is 4.90 Å². The molecular weight excluding hydrogens is 286 g/mol. The Morgan fingerprint density at radius 1 is 1.06 bits per heavy atom. The molecule has 0 bridgehead atoms. The van der Waals surface area contributed by atoms with Gasteiger partial charge >= 0.3 is 0 Å². The first-order valence-corrected chi connectivity index (χ1v) is 7.99. The molecule has 0 amide bonds. The maximum absolute atomic E-state index is 3.59. The molecule has 1 aliphatic carbocycles. The molecule has 1 nitrogen and oxygen atoms in total. The summed E-state index contributed by atoms with van der Waals surface area (Å²) in [4.78, 5) is 2.57. The third-order valence-electron chi connectivity index (χ3n) is 4.73. The minimum Gasteiger partial charge on any atom is -0.370 e. The zero-order valence-corrected chi connectivity index (χ0v) is 12.8. The number of halogens is 1. The quantitative estimate of drug-likeness (QED) is 0.712. The zero-order valence-electron chi connectivity index (χ0n) is 11.2. The highest BCUT2D eigenvalue weighted by Crippen LogP contribution is 2.45. The van der Waals surface area contributed by atoms with Crippen molar-refractivity contribution in [3.05, 3.63) is 28.2 Å². The van der Waals surface area contributed by atoms with Crippen molar-refractivity contribution < 1.29 is 0 Å². The number of aryl methyl sites for hydroxylation is 1. The van der Waals surface area contributed by atoms with Gasteiger partial charge in [0.1, 0.15) is 0 Å². The fraction of sp³-hybridized carbons (Fsp3) is 0.625. The number of anilines is 1. The third kappa shape index (κ3) is 2.32. The van der Waals surface area contributed by atoms with E-state index in [9.17, 15) is 0 Å². The summed E-state index contributed by atoms with van der Waals surface area (Å²) in [5.41, 5.74) is 3.49. The Bertz CT molecular complexity index is 425. The normalized spacial score (nSPS) is 22.7. The van der Waals surface area contributed by atoms with Gasteiger partial charge in [0.2, 0.25) is 0 Å². The van der Waals surface area contributed by atoms with E-state index in [0.717, 1.165) is 0 Å². The summed E-state index contributed by atoms with van der Waals surface area (Å²) in [6, 6.07) is 6.64. The van der Waals surface area contributed by atoms with E-state index in [1.807, 2.05) is 0 Å². The average Bonchev–Trinajstić information content (AvgIpc) is 2.56. The molecule has 1 saturated carbocycles. The molecule has 3 rings (SSSR count). The van der Waals surface area contributed by atoms with Crippen LogP contribution in [-0.2, 0) is 0 Å². The van der Waals surface area contributed by atoms with Gasteiger partial charge in [-0.05, 0) is 37.5 Å². The van der Waals surface area contributed by atoms with Crippen molar-refractivity contribution in [1.29, 1.82) is 0 Å². The Kier molecular flexibility index (Phi) is 3.40. The first kappa shape index (κ1) is 12.5. The van der Waals surface area contributed by atoms with Gasteiger partial charge in [0.05, 0.1) is 0 Å². The van der Waals surface area contributed by atoms with Gasteiger partial charge in [-0.1, -0.05) is 47.7 Å². The van der Waals surface area contributed by atoms with Gasteiger partial charge in [0.25, 0.3) is 0 Å². The standard InChI is InChI=1S/C16H22BrN/c1-13-6-7-14(17)10-15(13)18-11-16(12-18)8-4-2-3-5-9-16/h6-7,10H,2-5,8-9,11-12H2,1H3. The topological polar surface area (TPSA) is 3.24 Å². The van der Waals surface area contributed by atoms with Gasteiger partial charge in [-0.15, -0.1) is 0 Å². The van der Waals surface area contributed by atoms with Crippen LogP contribution >= 0.6 is 15.9 Å². The fourth-order valence-electron chi connectivity index (χ4n) is 3.65. The van der Waals surface area contributed by atoms with Gasteiger partial charge in [-0.25, -0.2) is 0 Å². The second-order valence-electron chi connectivity index (χ2n) is 6.20. The third-order valence-corrected chi connectivity index (χ3v) is 5.22. The Morgan fingerprint density at radius 3 is 2.39 bits per heavy atom. The molecule has 0 aromatic heterocycles. The lowest BCUT2D eigenvalue weighted by atomic mass is 9.73. The summed E-state index contributed by atoms with van der Waals surface area (Å²) in [5.74, 6) is 0. The van der Waals surface area contributed by atoms with Crippen LogP contribution in [0.3, 0.4) is 0 Å². The maximum atomic E-state index is 3.59. The van der Waals surface area contributed by atoms with Crippen LogP contribution in [0.2, 0.25) is 0 Å². The van der Waals surface area contributed by atoms with Crippen LogP contribution in [0.1, 0.15) is 44.1 Å². The predicted molar refractivity (Wildman–Crippen MR) is 81.2 cm³/mol. The van der Waals surface area contributed by atoms with E-state index in [2.05, 4.69) is 46.0 Å². The molecule has 1 heterocycles. The number of rotatable bonds is 1. The molecule has 1 aromatic rings. The summed E-state index contributed by atoms with van der Waals surface area (Å²) in [6.07, 6.45) is 8.72. The van der Waals surface area contributed by atoms with Crippen LogP contribution in [0, 0.1) is 12.3 Å². The van der Waals surface area contributed by atoms with Crippen molar-refractivity contribution in [1.82, 2.24) is 0 Å². The van der Waals surface area contributed by atoms with E-state index in [-0.39, 0.29) is 0 Å². The first-order valence-electron chi connectivity index (χ1n) is 7.20. The Labute approximate surface area is 119 Å². The second kappa shape index (κ2) is 4.88. The molecule has 1 saturated heterocycles. The molecule has 0 N–H and O–H groups in total. The lowest BCUT2D eigenvalue weighted by molar-refractivity contribution is 0.180. The summed E-state index contributed by atoms with van der Waals surface area (Å²) < 4.78 is 1.20. The highest BCUT2D eigenvalue weighted by atomic mass is 79.9. The number of benzene rings is 1. The van der Waals surface area contributed by atoms with Crippen molar-refractivity contribution in [3.8, 4) is 0 Å². The van der Waals surface area contributed by atoms with E-state index in [1.54, 1.807) is 0 Å². The van der Waals surface area contributed by atoms with Crippen LogP contribution in [0.15, 0.2) is 22.7 Å². The monoisotopic (exact) mass is 307 g/mol. The smallest absolute Gasteiger partial charge is 0.0407 e. The molecule has 98 valence electrons. The molecule has 0 atom stereocenters. The number of hydrogen-bond acceptors (Lipinski definition) is 1. The molecule has 1 spiro atoms. The molecule has 1 aliphatic heterocycles. The Hall–Kier alpha value is -0.500.